The number of benzene rings is 3. The monoisotopic (exact) mass is 607 g/mol. The Hall–Kier alpha value is -3.14. The summed E-state index contributed by atoms with van der Waals surface area (Å²) in [5.41, 5.74) is 1.49. The zero-order valence-electron chi connectivity index (χ0n) is 22.7. The first-order chi connectivity index (χ1) is 18.8. The van der Waals surface area contributed by atoms with Crippen molar-refractivity contribution in [2.75, 3.05) is 10.8 Å². The maximum atomic E-state index is 14.0. The van der Waals surface area contributed by atoms with Gasteiger partial charge in [-0.25, -0.2) is 12.8 Å². The molecule has 2 amide bonds. The molecule has 3 rings (SSSR count). The molecule has 40 heavy (non-hydrogen) atoms. The molecule has 0 bridgehead atoms. The molecule has 0 saturated heterocycles. The number of amides is 2. The van der Waals surface area contributed by atoms with E-state index in [2.05, 4.69) is 5.32 Å². The summed E-state index contributed by atoms with van der Waals surface area (Å²) in [6, 6.07) is 14.7. The second-order valence-corrected chi connectivity index (χ2v) is 12.4. The van der Waals surface area contributed by atoms with Crippen molar-refractivity contribution in [1.29, 1.82) is 0 Å². The Balaban J connectivity index is 2.08. The summed E-state index contributed by atoms with van der Waals surface area (Å²) in [4.78, 5) is 28.4. The van der Waals surface area contributed by atoms with E-state index >= 15 is 0 Å². The lowest BCUT2D eigenvalue weighted by Crippen LogP contribution is -2.53. The van der Waals surface area contributed by atoms with Crippen LogP contribution < -0.4 is 9.62 Å². The van der Waals surface area contributed by atoms with Gasteiger partial charge >= 0.3 is 0 Å². The van der Waals surface area contributed by atoms with Crippen LogP contribution in [0.2, 0.25) is 10.0 Å². The summed E-state index contributed by atoms with van der Waals surface area (Å²) in [5, 5.41) is 3.53. The summed E-state index contributed by atoms with van der Waals surface area (Å²) >= 11 is 12.5. The molecular formula is C29H32Cl2FN3O4S. The van der Waals surface area contributed by atoms with E-state index in [4.69, 9.17) is 23.2 Å². The van der Waals surface area contributed by atoms with Crippen LogP contribution in [0.3, 0.4) is 0 Å². The Morgan fingerprint density at radius 1 is 0.975 bits per heavy atom. The molecule has 214 valence electrons. The molecule has 0 radical (unpaired) electrons. The van der Waals surface area contributed by atoms with E-state index in [1.54, 1.807) is 45.0 Å². The third-order valence-electron chi connectivity index (χ3n) is 6.18. The first kappa shape index (κ1) is 31.4. The number of carbonyl (C=O) groups is 2. The zero-order valence-corrected chi connectivity index (χ0v) is 25.0. The van der Waals surface area contributed by atoms with Gasteiger partial charge in [0.25, 0.3) is 10.0 Å². The smallest absolute Gasteiger partial charge is 0.264 e. The Labute approximate surface area is 244 Å². The van der Waals surface area contributed by atoms with Crippen LogP contribution in [0.1, 0.15) is 38.3 Å². The lowest BCUT2D eigenvalue weighted by molar-refractivity contribution is -0.140. The van der Waals surface area contributed by atoms with Crippen molar-refractivity contribution in [3.8, 4) is 0 Å². The van der Waals surface area contributed by atoms with Crippen LogP contribution in [-0.2, 0) is 26.2 Å². The van der Waals surface area contributed by atoms with Crippen LogP contribution in [0.15, 0.2) is 71.6 Å². The maximum absolute atomic E-state index is 14.0. The molecule has 3 aromatic carbocycles. The Bertz CT molecular complexity index is 1450. The SMILES string of the molecule is CC[C@@H](C(=O)NC(C)C)N(Cc1ccc(Cl)cc1Cl)C(=O)CN(c1ccc(F)cc1)S(=O)(=O)c1ccc(C)cc1. The van der Waals surface area contributed by atoms with Gasteiger partial charge in [0, 0.05) is 22.6 Å². The summed E-state index contributed by atoms with van der Waals surface area (Å²) < 4.78 is 42.3. The number of carbonyl (C=O) groups excluding carboxylic acids is 2. The van der Waals surface area contributed by atoms with Crippen LogP contribution in [0, 0.1) is 12.7 Å². The van der Waals surface area contributed by atoms with E-state index in [9.17, 15) is 22.4 Å². The van der Waals surface area contributed by atoms with Gasteiger partial charge in [0.2, 0.25) is 11.8 Å². The van der Waals surface area contributed by atoms with Crippen molar-refractivity contribution < 1.29 is 22.4 Å². The first-order valence-electron chi connectivity index (χ1n) is 12.7. The summed E-state index contributed by atoms with van der Waals surface area (Å²) in [6.07, 6.45) is 0.261. The van der Waals surface area contributed by atoms with Crippen molar-refractivity contribution in [3.05, 3.63) is 93.7 Å². The summed E-state index contributed by atoms with van der Waals surface area (Å²) in [5.74, 6) is -1.58. The van der Waals surface area contributed by atoms with Gasteiger partial charge in [0.1, 0.15) is 18.4 Å². The van der Waals surface area contributed by atoms with Crippen LogP contribution in [0.5, 0.6) is 0 Å². The maximum Gasteiger partial charge on any atom is 0.264 e. The van der Waals surface area contributed by atoms with Gasteiger partial charge in [0.15, 0.2) is 0 Å². The molecular weight excluding hydrogens is 576 g/mol. The molecule has 11 heteroatoms. The second-order valence-electron chi connectivity index (χ2n) is 9.65. The largest absolute Gasteiger partial charge is 0.352 e. The molecule has 1 atom stereocenters. The van der Waals surface area contributed by atoms with E-state index in [-0.39, 0.29) is 35.5 Å². The van der Waals surface area contributed by atoms with Gasteiger partial charge in [-0.3, -0.25) is 13.9 Å². The number of nitrogens with zero attached hydrogens (tertiary/aromatic N) is 2. The third kappa shape index (κ3) is 7.74. The molecule has 3 aromatic rings. The standard InChI is InChI=1S/C29H32Cl2FN3O4S/c1-5-27(29(37)33-19(2)3)34(17-21-8-9-22(30)16-26(21)31)28(36)18-35(24-12-10-23(32)11-13-24)40(38,39)25-14-6-20(4)7-15-25/h6-16,19,27H,5,17-18H2,1-4H3,(H,33,37)/t27-/m0/s1. The van der Waals surface area contributed by atoms with Crippen LogP contribution >= 0.6 is 23.2 Å². The lowest BCUT2D eigenvalue weighted by Gasteiger charge is -2.33. The van der Waals surface area contributed by atoms with Crippen molar-refractivity contribution in [2.45, 2.75) is 57.6 Å². The number of halogens is 3. The topological polar surface area (TPSA) is 86.8 Å². The predicted octanol–water partition coefficient (Wildman–Crippen LogP) is 5.97. The van der Waals surface area contributed by atoms with E-state index in [0.29, 0.717) is 15.6 Å². The molecule has 0 aliphatic rings. The fourth-order valence-electron chi connectivity index (χ4n) is 4.11. The minimum atomic E-state index is -4.25. The van der Waals surface area contributed by atoms with E-state index in [0.717, 1.165) is 22.0 Å². The number of nitrogens with one attached hydrogen (secondary N) is 1. The minimum absolute atomic E-state index is 0.0351. The highest BCUT2D eigenvalue weighted by Gasteiger charge is 2.34. The number of sulfonamides is 1. The van der Waals surface area contributed by atoms with Gasteiger partial charge in [-0.2, -0.15) is 0 Å². The fourth-order valence-corrected chi connectivity index (χ4v) is 5.99. The van der Waals surface area contributed by atoms with Crippen LogP contribution in [0.4, 0.5) is 10.1 Å². The van der Waals surface area contributed by atoms with E-state index < -0.39 is 34.3 Å². The van der Waals surface area contributed by atoms with Crippen molar-refractivity contribution in [2.24, 2.45) is 0 Å². The molecule has 0 unspecified atom stereocenters. The van der Waals surface area contributed by atoms with Crippen molar-refractivity contribution in [3.63, 3.8) is 0 Å². The summed E-state index contributed by atoms with van der Waals surface area (Å²) in [6.45, 7) is 6.48. The number of anilines is 1. The third-order valence-corrected chi connectivity index (χ3v) is 8.55. The number of hydrogen-bond donors (Lipinski definition) is 1. The Morgan fingerprint density at radius 2 is 1.60 bits per heavy atom. The average molecular weight is 609 g/mol. The van der Waals surface area contributed by atoms with Gasteiger partial charge in [0.05, 0.1) is 10.6 Å². The van der Waals surface area contributed by atoms with Crippen LogP contribution in [-0.4, -0.2) is 43.8 Å². The quantitative estimate of drug-likeness (QED) is 0.291. The highest BCUT2D eigenvalue weighted by molar-refractivity contribution is 7.92. The van der Waals surface area contributed by atoms with E-state index in [1.807, 2.05) is 6.92 Å². The predicted molar refractivity (Wildman–Crippen MR) is 156 cm³/mol. The summed E-state index contributed by atoms with van der Waals surface area (Å²) in [7, 11) is -4.25. The highest BCUT2D eigenvalue weighted by atomic mass is 35.5. The molecule has 0 aliphatic carbocycles. The molecule has 0 saturated carbocycles. The van der Waals surface area contributed by atoms with Gasteiger partial charge in [-0.1, -0.05) is 53.9 Å². The number of aryl methyl sites for hydroxylation is 1. The molecule has 0 spiro atoms. The molecule has 0 aromatic heterocycles. The highest BCUT2D eigenvalue weighted by Crippen LogP contribution is 2.27. The number of hydrogen-bond acceptors (Lipinski definition) is 4. The van der Waals surface area contributed by atoms with E-state index in [1.165, 1.54) is 35.2 Å². The van der Waals surface area contributed by atoms with Gasteiger partial charge in [-0.15, -0.1) is 0 Å². The fraction of sp³-hybridized carbons (Fsp3) is 0.310. The zero-order chi connectivity index (χ0) is 29.6. The lowest BCUT2D eigenvalue weighted by atomic mass is 10.1. The molecule has 0 aliphatic heterocycles. The molecule has 0 heterocycles. The molecule has 7 nitrogen and oxygen atoms in total. The van der Waals surface area contributed by atoms with Crippen molar-refractivity contribution >= 4 is 50.7 Å². The van der Waals surface area contributed by atoms with Crippen LogP contribution in [0.25, 0.3) is 0 Å². The normalized spacial score (nSPS) is 12.2. The Morgan fingerprint density at radius 3 is 2.15 bits per heavy atom. The average Bonchev–Trinajstić information content (AvgIpc) is 2.88. The molecule has 1 N–H and O–H groups in total. The van der Waals surface area contributed by atoms with Gasteiger partial charge in [-0.05, 0) is 81.3 Å². The molecule has 0 fully saturated rings. The second kappa shape index (κ2) is 13.5. The minimum Gasteiger partial charge on any atom is -0.352 e. The Kier molecular flexibility index (Phi) is 10.6. The van der Waals surface area contributed by atoms with Gasteiger partial charge < -0.3 is 10.2 Å². The first-order valence-corrected chi connectivity index (χ1v) is 14.9. The number of rotatable bonds is 11. The van der Waals surface area contributed by atoms with Crippen molar-refractivity contribution in [1.82, 2.24) is 10.2 Å².